The van der Waals surface area contributed by atoms with Gasteiger partial charge in [-0.25, -0.2) is 4.79 Å². The van der Waals surface area contributed by atoms with Crippen LogP contribution < -0.4 is 5.32 Å². The minimum Gasteiger partial charge on any atom is -0.466 e. The normalized spacial score (nSPS) is 9.40. The maximum atomic E-state index is 10.5. The van der Waals surface area contributed by atoms with Gasteiger partial charge in [0.2, 0.25) is 0 Å². The van der Waals surface area contributed by atoms with Crippen molar-refractivity contribution >= 4 is 35.9 Å². The number of benzene rings is 1. The van der Waals surface area contributed by atoms with Gasteiger partial charge in [-0.05, 0) is 49.7 Å². The second-order valence-corrected chi connectivity index (χ2v) is 14.6. The highest BCUT2D eigenvalue weighted by Gasteiger charge is 1.97. The number of hydrogen-bond donors (Lipinski definition) is 1. The van der Waals surface area contributed by atoms with Gasteiger partial charge in [-0.15, -0.1) is 0 Å². The van der Waals surface area contributed by atoms with E-state index in [0.717, 1.165) is 63.4 Å². The predicted molar refractivity (Wildman–Crippen MR) is 254 cm³/mol. The van der Waals surface area contributed by atoms with Gasteiger partial charge in [0.1, 0.15) is 6.61 Å². The minimum absolute atomic E-state index is 0.161. The first-order valence-electron chi connectivity index (χ1n) is 23.7. The molecular formula is C50H93NO12. The zero-order valence-corrected chi connectivity index (χ0v) is 42.1. The van der Waals surface area contributed by atoms with Gasteiger partial charge in [-0.1, -0.05) is 156 Å². The number of rotatable bonds is 27. The Kier molecular flexibility index (Phi) is 62.3. The molecule has 1 rings (SSSR count). The zero-order valence-electron chi connectivity index (χ0n) is 42.1. The van der Waals surface area contributed by atoms with Gasteiger partial charge in [0.25, 0.3) is 0 Å². The monoisotopic (exact) mass is 900 g/mol. The summed E-state index contributed by atoms with van der Waals surface area (Å²) >= 11 is 0. The molecule has 13 heteroatoms. The maximum Gasteiger partial charge on any atom is 0.406 e. The van der Waals surface area contributed by atoms with Crippen LogP contribution in [0.15, 0.2) is 24.3 Å². The van der Waals surface area contributed by atoms with Crippen molar-refractivity contribution in [3.63, 3.8) is 0 Å². The van der Waals surface area contributed by atoms with Crippen molar-refractivity contribution in [3.8, 4) is 0 Å². The maximum absolute atomic E-state index is 10.5. The van der Waals surface area contributed by atoms with E-state index >= 15 is 0 Å². The van der Waals surface area contributed by atoms with Gasteiger partial charge in [-0.3, -0.25) is 24.0 Å². The molecule has 0 aliphatic carbocycles. The third kappa shape index (κ3) is 75.6. The van der Waals surface area contributed by atoms with E-state index in [9.17, 15) is 28.8 Å². The Morgan fingerprint density at radius 2 is 0.635 bits per heavy atom. The van der Waals surface area contributed by atoms with Crippen LogP contribution in [0, 0.1) is 0 Å². The summed E-state index contributed by atoms with van der Waals surface area (Å²) in [5.41, 5.74) is 2.33. The number of aryl methyl sites for hydroxylation is 1. The molecule has 0 aromatic heterocycles. The summed E-state index contributed by atoms with van der Waals surface area (Å²) in [6.45, 7) is 23.2. The molecule has 1 amide bonds. The highest BCUT2D eigenvalue weighted by molar-refractivity contribution is 5.67. The smallest absolute Gasteiger partial charge is 0.406 e. The van der Waals surface area contributed by atoms with Crippen LogP contribution in [0.2, 0.25) is 0 Å². The number of carbonyl (C=O) groups excluding carboxylic acids is 6. The van der Waals surface area contributed by atoms with Crippen molar-refractivity contribution in [2.75, 3.05) is 40.1 Å². The average Bonchev–Trinajstić information content (AvgIpc) is 3.25. The fraction of sp³-hybridized carbons (Fsp3) is 0.760. The summed E-state index contributed by atoms with van der Waals surface area (Å²) in [5.74, 6) is -0.921. The standard InChI is InChI=1S/C11H14O2.C11H22O2.C9H18O2.C7H14O2.C6H13NO2.C6H12O2/c1-3-10-4-6-11(7-5-10)8-13-9(2)12;1-3-4-5-6-7-8-9-10-13-11(2)12;1-3-4-5-6-7-8-11-9(2)10;1-3-4-5-6-9-7(2)8;1-3-4-5-9-6(8)7-2;1-3-4-5-8-6(2)7/h4-7H,3,8H2,1-2H3;3-10H2,1-2H3;3-8H2,1-2H3;3-6H2,1-2H3;3-5H2,1-2H3,(H,7,8);3-5H2,1-2H3. The van der Waals surface area contributed by atoms with Crippen molar-refractivity contribution < 1.29 is 57.2 Å². The first-order chi connectivity index (χ1) is 30.1. The van der Waals surface area contributed by atoms with E-state index in [0.29, 0.717) is 39.6 Å². The number of unbranched alkanes of at least 4 members (excludes halogenated alkanes) is 14. The van der Waals surface area contributed by atoms with Gasteiger partial charge in [-0.2, -0.15) is 0 Å². The number of esters is 5. The van der Waals surface area contributed by atoms with Crippen LogP contribution >= 0.6 is 0 Å². The summed E-state index contributed by atoms with van der Waals surface area (Å²) in [7, 11) is 1.55. The molecule has 370 valence electrons. The SMILES string of the molecule is CCCCCCCCCOC(C)=O.CCCCCCCOC(C)=O.CCCCCOC(C)=O.CCCCOC(=O)NC.CCCCOC(C)=O.CCc1ccc(COC(C)=O)cc1. The van der Waals surface area contributed by atoms with E-state index in [-0.39, 0.29) is 35.9 Å². The molecule has 13 nitrogen and oxygen atoms in total. The Labute approximate surface area is 384 Å². The number of alkyl carbamates (subject to hydrolysis) is 1. The summed E-state index contributed by atoms with van der Waals surface area (Å²) in [5, 5.41) is 2.36. The van der Waals surface area contributed by atoms with Crippen molar-refractivity contribution in [1.82, 2.24) is 5.32 Å². The van der Waals surface area contributed by atoms with E-state index in [1.165, 1.54) is 111 Å². The molecule has 0 heterocycles. The van der Waals surface area contributed by atoms with Gasteiger partial charge in [0.05, 0.1) is 33.0 Å². The quantitative estimate of drug-likeness (QED) is 0.0504. The highest BCUT2D eigenvalue weighted by Crippen LogP contribution is 2.08. The Balaban J connectivity index is -0.000000216. The predicted octanol–water partition coefficient (Wildman–Crippen LogP) is 12.4. The second-order valence-electron chi connectivity index (χ2n) is 14.6. The van der Waals surface area contributed by atoms with E-state index < -0.39 is 0 Å². The van der Waals surface area contributed by atoms with Crippen LogP contribution in [0.5, 0.6) is 0 Å². The first-order valence-corrected chi connectivity index (χ1v) is 23.7. The van der Waals surface area contributed by atoms with Gasteiger partial charge < -0.3 is 33.7 Å². The van der Waals surface area contributed by atoms with Gasteiger partial charge in [0, 0.05) is 41.7 Å². The molecule has 1 N–H and O–H groups in total. The molecule has 0 saturated carbocycles. The summed E-state index contributed by atoms with van der Waals surface area (Å²) in [6.07, 6.45) is 22.9. The molecule has 0 unspecified atom stereocenters. The fourth-order valence-electron chi connectivity index (χ4n) is 4.56. The average molecular weight is 900 g/mol. The van der Waals surface area contributed by atoms with Crippen molar-refractivity contribution in [2.24, 2.45) is 0 Å². The lowest BCUT2D eigenvalue weighted by Crippen LogP contribution is -2.19. The third-order valence-corrected chi connectivity index (χ3v) is 8.27. The first kappa shape index (κ1) is 67.9. The van der Waals surface area contributed by atoms with Crippen molar-refractivity contribution in [3.05, 3.63) is 35.4 Å². The molecule has 0 fully saturated rings. The zero-order chi connectivity index (χ0) is 48.8. The molecule has 63 heavy (non-hydrogen) atoms. The Morgan fingerprint density at radius 3 is 0.952 bits per heavy atom. The molecule has 0 bridgehead atoms. The molecular weight excluding hydrogens is 807 g/mol. The van der Waals surface area contributed by atoms with Gasteiger partial charge >= 0.3 is 35.9 Å². The van der Waals surface area contributed by atoms with Crippen LogP contribution in [0.4, 0.5) is 4.79 Å². The van der Waals surface area contributed by atoms with Crippen molar-refractivity contribution in [1.29, 1.82) is 0 Å². The lowest BCUT2D eigenvalue weighted by atomic mass is 10.1. The molecule has 0 atom stereocenters. The summed E-state index contributed by atoms with van der Waals surface area (Å²) in [4.78, 5) is 61.9. The Bertz CT molecular complexity index is 1170. The molecule has 0 spiro atoms. The molecule has 0 aliphatic heterocycles. The van der Waals surface area contributed by atoms with E-state index in [1.54, 1.807) is 7.05 Å². The van der Waals surface area contributed by atoms with Crippen LogP contribution in [-0.2, 0) is 65.4 Å². The molecule has 1 aromatic rings. The highest BCUT2D eigenvalue weighted by atomic mass is 16.6. The molecule has 0 aliphatic rings. The lowest BCUT2D eigenvalue weighted by Gasteiger charge is -2.02. The molecule has 0 saturated heterocycles. The number of carbonyl (C=O) groups is 6. The number of ether oxygens (including phenoxy) is 6. The lowest BCUT2D eigenvalue weighted by molar-refractivity contribution is -0.143. The van der Waals surface area contributed by atoms with Crippen LogP contribution in [0.1, 0.15) is 209 Å². The molecule has 1 aromatic carbocycles. The van der Waals surface area contributed by atoms with Crippen LogP contribution in [0.25, 0.3) is 0 Å². The number of amides is 1. The van der Waals surface area contributed by atoms with E-state index in [2.05, 4.69) is 61.5 Å². The van der Waals surface area contributed by atoms with Crippen LogP contribution in [0.3, 0.4) is 0 Å². The minimum atomic E-state index is -0.344. The summed E-state index contributed by atoms with van der Waals surface area (Å²) < 4.78 is 28.5. The Morgan fingerprint density at radius 1 is 0.365 bits per heavy atom. The van der Waals surface area contributed by atoms with Gasteiger partial charge in [0.15, 0.2) is 0 Å². The summed E-state index contributed by atoms with van der Waals surface area (Å²) in [6, 6.07) is 8.08. The largest absolute Gasteiger partial charge is 0.466 e. The van der Waals surface area contributed by atoms with E-state index in [4.69, 9.17) is 18.9 Å². The number of nitrogens with one attached hydrogen (secondary N) is 1. The number of hydrogen-bond acceptors (Lipinski definition) is 12. The topological polar surface area (TPSA) is 170 Å². The molecule has 0 radical (unpaired) electrons. The fourth-order valence-corrected chi connectivity index (χ4v) is 4.56. The third-order valence-electron chi connectivity index (χ3n) is 8.27. The van der Waals surface area contributed by atoms with Crippen LogP contribution in [-0.4, -0.2) is 76.0 Å². The second kappa shape index (κ2) is 57.8. The van der Waals surface area contributed by atoms with E-state index in [1.807, 2.05) is 19.1 Å². The Hall–Kier alpha value is -4.16. The van der Waals surface area contributed by atoms with Crippen molar-refractivity contribution in [2.45, 2.75) is 211 Å².